The van der Waals surface area contributed by atoms with Crippen molar-refractivity contribution in [2.24, 2.45) is 0 Å². The lowest BCUT2D eigenvalue weighted by molar-refractivity contribution is -0.385. The number of piperidine rings is 1. The van der Waals surface area contributed by atoms with Crippen LogP contribution >= 0.6 is 0 Å². The fourth-order valence-electron chi connectivity index (χ4n) is 4.39. The van der Waals surface area contributed by atoms with Gasteiger partial charge in [-0.1, -0.05) is 18.2 Å². The van der Waals surface area contributed by atoms with Gasteiger partial charge in [0.25, 0.3) is 11.6 Å². The summed E-state index contributed by atoms with van der Waals surface area (Å²) in [6.45, 7) is 7.24. The van der Waals surface area contributed by atoms with Gasteiger partial charge in [-0.15, -0.1) is 0 Å². The largest absolute Gasteiger partial charge is 0.447 e. The number of amides is 1. The van der Waals surface area contributed by atoms with E-state index in [1.807, 2.05) is 17.0 Å². The molecular formula is C22H29N5O4. The van der Waals surface area contributed by atoms with Crippen LogP contribution in [0.15, 0.2) is 34.9 Å². The zero-order valence-corrected chi connectivity index (χ0v) is 17.9. The van der Waals surface area contributed by atoms with Crippen molar-refractivity contribution in [3.8, 4) is 0 Å². The summed E-state index contributed by atoms with van der Waals surface area (Å²) in [6, 6.07) is 7.15. The van der Waals surface area contributed by atoms with Crippen molar-refractivity contribution < 1.29 is 14.1 Å². The molecular weight excluding hydrogens is 398 g/mol. The van der Waals surface area contributed by atoms with Crippen LogP contribution in [0, 0.1) is 10.1 Å². The van der Waals surface area contributed by atoms with E-state index in [2.05, 4.69) is 21.7 Å². The fourth-order valence-corrected chi connectivity index (χ4v) is 4.39. The number of aromatic nitrogens is 1. The second kappa shape index (κ2) is 9.57. The lowest BCUT2D eigenvalue weighted by Gasteiger charge is -2.34. The van der Waals surface area contributed by atoms with Crippen molar-refractivity contribution in [1.29, 1.82) is 0 Å². The van der Waals surface area contributed by atoms with Gasteiger partial charge in [-0.25, -0.2) is 4.98 Å². The van der Waals surface area contributed by atoms with E-state index >= 15 is 0 Å². The molecule has 1 aromatic carbocycles. The van der Waals surface area contributed by atoms with Gasteiger partial charge in [0.1, 0.15) is 6.26 Å². The van der Waals surface area contributed by atoms with E-state index < -0.39 is 0 Å². The summed E-state index contributed by atoms with van der Waals surface area (Å²) in [5.41, 5.74) is 1.30. The summed E-state index contributed by atoms with van der Waals surface area (Å²) in [7, 11) is 0. The number of rotatable bonds is 6. The molecule has 0 N–H and O–H groups in total. The Morgan fingerprint density at radius 1 is 1.13 bits per heavy atom. The summed E-state index contributed by atoms with van der Waals surface area (Å²) < 4.78 is 5.59. The number of carbonyl (C=O) groups excluding carboxylic acids is 1. The maximum absolute atomic E-state index is 12.7. The number of nitro benzene ring substituents is 1. The van der Waals surface area contributed by atoms with Crippen LogP contribution in [0.5, 0.6) is 0 Å². The minimum atomic E-state index is -0.322. The molecule has 2 fully saturated rings. The van der Waals surface area contributed by atoms with E-state index in [0.717, 1.165) is 51.1 Å². The van der Waals surface area contributed by atoms with Gasteiger partial charge in [0.15, 0.2) is 5.69 Å². The van der Waals surface area contributed by atoms with Crippen LogP contribution in [0.2, 0.25) is 0 Å². The predicted molar refractivity (Wildman–Crippen MR) is 115 cm³/mol. The van der Waals surface area contributed by atoms with Gasteiger partial charge in [0, 0.05) is 56.9 Å². The number of carbonyl (C=O) groups is 1. The van der Waals surface area contributed by atoms with E-state index in [-0.39, 0.29) is 22.6 Å². The first-order chi connectivity index (χ1) is 15.0. The molecule has 9 heteroatoms. The van der Waals surface area contributed by atoms with Gasteiger partial charge in [0.2, 0.25) is 5.89 Å². The molecule has 0 bridgehead atoms. The number of likely N-dealkylation sites (tertiary alicyclic amines) is 1. The van der Waals surface area contributed by atoms with Crippen LogP contribution in [0.25, 0.3) is 0 Å². The lowest BCUT2D eigenvalue weighted by atomic mass is 10.0. The third-order valence-corrected chi connectivity index (χ3v) is 6.24. The Morgan fingerprint density at radius 2 is 1.84 bits per heavy atom. The Hall–Kier alpha value is -2.78. The first-order valence-electron chi connectivity index (χ1n) is 10.9. The zero-order valence-electron chi connectivity index (χ0n) is 17.9. The van der Waals surface area contributed by atoms with E-state index in [4.69, 9.17) is 4.42 Å². The number of para-hydroxylation sites is 1. The number of nitro groups is 1. The standard InChI is InChI=1S/C22H29N5O4/c1-17-6-4-5-9-26(17)22(28)19-16-31-21(23-19)15-25-12-10-24(11-13-25)14-18-7-2-3-8-20(18)27(29)30/h2-3,7-8,16-17H,4-6,9-15H2,1H3. The molecule has 2 aromatic rings. The van der Waals surface area contributed by atoms with Gasteiger partial charge in [-0.05, 0) is 26.2 Å². The van der Waals surface area contributed by atoms with Crippen LogP contribution in [0.3, 0.4) is 0 Å². The van der Waals surface area contributed by atoms with Gasteiger partial charge >= 0.3 is 0 Å². The summed E-state index contributed by atoms with van der Waals surface area (Å²) in [6.07, 6.45) is 4.71. The molecule has 0 aliphatic carbocycles. The average molecular weight is 428 g/mol. The Kier molecular flexibility index (Phi) is 6.62. The van der Waals surface area contributed by atoms with Gasteiger partial charge < -0.3 is 9.32 Å². The Labute approximate surface area is 181 Å². The zero-order chi connectivity index (χ0) is 21.8. The summed E-state index contributed by atoms with van der Waals surface area (Å²) in [5, 5.41) is 11.2. The van der Waals surface area contributed by atoms with Crippen molar-refractivity contribution in [2.75, 3.05) is 32.7 Å². The molecule has 4 rings (SSSR count). The SMILES string of the molecule is CC1CCCCN1C(=O)c1coc(CN2CCN(Cc3ccccc3[N+](=O)[O-])CC2)n1. The van der Waals surface area contributed by atoms with Crippen LogP contribution in [0.4, 0.5) is 5.69 Å². The predicted octanol–water partition coefficient (Wildman–Crippen LogP) is 2.92. The van der Waals surface area contributed by atoms with Gasteiger partial charge in [0.05, 0.1) is 11.5 Å². The van der Waals surface area contributed by atoms with Crippen molar-refractivity contribution >= 4 is 11.6 Å². The van der Waals surface area contributed by atoms with Gasteiger partial charge in [-0.2, -0.15) is 0 Å². The number of benzene rings is 1. The molecule has 1 aromatic heterocycles. The maximum Gasteiger partial charge on any atom is 0.276 e. The van der Waals surface area contributed by atoms with E-state index in [0.29, 0.717) is 24.7 Å². The first-order valence-corrected chi connectivity index (χ1v) is 10.9. The summed E-state index contributed by atoms with van der Waals surface area (Å²) >= 11 is 0. The van der Waals surface area contributed by atoms with Crippen LogP contribution < -0.4 is 0 Å². The second-order valence-corrected chi connectivity index (χ2v) is 8.41. The Bertz CT molecular complexity index is 922. The summed E-state index contributed by atoms with van der Waals surface area (Å²) in [5.74, 6) is 0.511. The van der Waals surface area contributed by atoms with Gasteiger partial charge in [-0.3, -0.25) is 24.7 Å². The minimum Gasteiger partial charge on any atom is -0.447 e. The molecule has 0 radical (unpaired) electrons. The first kappa shape index (κ1) is 21.5. The Morgan fingerprint density at radius 3 is 2.55 bits per heavy atom. The highest BCUT2D eigenvalue weighted by molar-refractivity contribution is 5.92. The third-order valence-electron chi connectivity index (χ3n) is 6.24. The molecule has 3 heterocycles. The second-order valence-electron chi connectivity index (χ2n) is 8.41. The van der Waals surface area contributed by atoms with Crippen molar-refractivity contribution in [1.82, 2.24) is 19.7 Å². The monoisotopic (exact) mass is 427 g/mol. The van der Waals surface area contributed by atoms with Crippen LogP contribution in [-0.2, 0) is 13.1 Å². The van der Waals surface area contributed by atoms with Crippen molar-refractivity contribution in [3.05, 3.63) is 57.8 Å². The lowest BCUT2D eigenvalue weighted by Crippen LogP contribution is -2.45. The number of nitrogens with zero attached hydrogens (tertiary/aromatic N) is 5. The van der Waals surface area contributed by atoms with Crippen LogP contribution in [-0.4, -0.2) is 69.3 Å². The van der Waals surface area contributed by atoms with E-state index in [1.54, 1.807) is 12.1 Å². The van der Waals surface area contributed by atoms with Crippen LogP contribution in [0.1, 0.15) is 48.1 Å². The normalized spacial score (nSPS) is 20.7. The van der Waals surface area contributed by atoms with E-state index in [9.17, 15) is 14.9 Å². The molecule has 1 unspecified atom stereocenters. The number of oxazole rings is 1. The molecule has 9 nitrogen and oxygen atoms in total. The third kappa shape index (κ3) is 5.11. The van der Waals surface area contributed by atoms with Crippen molar-refractivity contribution in [2.45, 2.75) is 45.3 Å². The highest BCUT2D eigenvalue weighted by Gasteiger charge is 2.27. The highest BCUT2D eigenvalue weighted by Crippen LogP contribution is 2.21. The number of hydrogen-bond donors (Lipinski definition) is 0. The number of piperazine rings is 1. The molecule has 166 valence electrons. The fraction of sp³-hybridized carbons (Fsp3) is 0.545. The molecule has 1 amide bonds. The molecule has 0 saturated carbocycles. The Balaban J connectivity index is 1.29. The van der Waals surface area contributed by atoms with E-state index in [1.165, 1.54) is 12.7 Å². The molecule has 2 aliphatic heterocycles. The molecule has 2 aliphatic rings. The number of hydrogen-bond acceptors (Lipinski definition) is 7. The van der Waals surface area contributed by atoms with Crippen molar-refractivity contribution in [3.63, 3.8) is 0 Å². The highest BCUT2D eigenvalue weighted by atomic mass is 16.6. The quantitative estimate of drug-likeness (QED) is 0.517. The smallest absolute Gasteiger partial charge is 0.276 e. The molecule has 1 atom stereocenters. The summed E-state index contributed by atoms with van der Waals surface area (Å²) in [4.78, 5) is 34.4. The molecule has 0 spiro atoms. The maximum atomic E-state index is 12.7. The average Bonchev–Trinajstić information content (AvgIpc) is 3.24. The molecule has 31 heavy (non-hydrogen) atoms. The molecule has 2 saturated heterocycles. The minimum absolute atomic E-state index is 0.0449. The topological polar surface area (TPSA) is 96.0 Å².